The molecule has 0 atom stereocenters. The van der Waals surface area contributed by atoms with Gasteiger partial charge in [-0.05, 0) is 53.9 Å². The van der Waals surface area contributed by atoms with E-state index in [1.165, 1.54) is 16.2 Å². The number of nitrogens with zero attached hydrogens (tertiary/aromatic N) is 2. The maximum absolute atomic E-state index is 12.6. The van der Waals surface area contributed by atoms with Gasteiger partial charge in [0.1, 0.15) is 5.01 Å². The summed E-state index contributed by atoms with van der Waals surface area (Å²) in [6.07, 6.45) is 2.11. The fourth-order valence-corrected chi connectivity index (χ4v) is 4.99. The molecule has 3 heterocycles. The highest BCUT2D eigenvalue weighted by Crippen LogP contribution is 2.28. The molecular weight excluding hydrogens is 436 g/mol. The van der Waals surface area contributed by atoms with Crippen molar-refractivity contribution in [3.8, 4) is 10.6 Å². The number of nitrogens with one attached hydrogen (secondary N) is 2. The summed E-state index contributed by atoms with van der Waals surface area (Å²) >= 11 is 4.60. The van der Waals surface area contributed by atoms with Crippen LogP contribution in [0.25, 0.3) is 10.6 Å². The molecule has 6 nitrogen and oxygen atoms in total. The zero-order valence-electron chi connectivity index (χ0n) is 15.8. The summed E-state index contributed by atoms with van der Waals surface area (Å²) < 4.78 is 0. The summed E-state index contributed by atoms with van der Waals surface area (Å²) in [4.78, 5) is 26.1. The lowest BCUT2D eigenvalue weighted by atomic mass is 10.1. The Morgan fingerprint density at radius 3 is 2.73 bits per heavy atom. The minimum Gasteiger partial charge on any atom is -0.326 e. The highest BCUT2D eigenvalue weighted by molar-refractivity contribution is 7.19. The number of anilines is 2. The van der Waals surface area contributed by atoms with Crippen LogP contribution in [-0.2, 0) is 11.2 Å². The quantitative estimate of drug-likeness (QED) is 0.366. The number of benzene rings is 1. The van der Waals surface area contributed by atoms with Crippen molar-refractivity contribution in [3.05, 3.63) is 69.0 Å². The Balaban J connectivity index is 1.32. The van der Waals surface area contributed by atoms with Gasteiger partial charge < -0.3 is 5.32 Å². The van der Waals surface area contributed by atoms with Crippen LogP contribution in [0.4, 0.5) is 10.8 Å². The second kappa shape index (κ2) is 9.75. The van der Waals surface area contributed by atoms with Crippen LogP contribution in [0.3, 0.4) is 0 Å². The maximum Gasteiger partial charge on any atom is 0.257 e. The van der Waals surface area contributed by atoms with Crippen LogP contribution in [0.15, 0.2) is 58.6 Å². The number of carbonyl (C=O) groups is 2. The Bertz CT molecular complexity index is 1120. The van der Waals surface area contributed by atoms with E-state index in [4.69, 9.17) is 0 Å². The first-order valence-electron chi connectivity index (χ1n) is 9.27. The van der Waals surface area contributed by atoms with Crippen molar-refractivity contribution in [2.75, 3.05) is 10.6 Å². The largest absolute Gasteiger partial charge is 0.326 e. The average molecular weight is 455 g/mol. The van der Waals surface area contributed by atoms with Crippen molar-refractivity contribution in [2.45, 2.75) is 19.3 Å². The first kappa shape index (κ1) is 20.4. The molecule has 0 unspecified atom stereocenters. The van der Waals surface area contributed by atoms with Crippen LogP contribution in [0.1, 0.15) is 28.1 Å². The van der Waals surface area contributed by atoms with E-state index in [0.717, 1.165) is 23.4 Å². The number of thiophene rings is 2. The van der Waals surface area contributed by atoms with E-state index < -0.39 is 0 Å². The molecule has 0 aliphatic carbocycles. The molecule has 1 aromatic carbocycles. The third-order valence-electron chi connectivity index (χ3n) is 4.23. The van der Waals surface area contributed by atoms with Gasteiger partial charge in [0, 0.05) is 33.5 Å². The second-order valence-electron chi connectivity index (χ2n) is 6.44. The molecule has 152 valence electrons. The number of hydrogen-bond acceptors (Lipinski definition) is 7. The molecule has 2 amide bonds. The molecular formula is C21H18N4O2S3. The van der Waals surface area contributed by atoms with Crippen LogP contribution in [0.5, 0.6) is 0 Å². The minimum atomic E-state index is -0.295. The zero-order valence-corrected chi connectivity index (χ0v) is 18.3. The number of carbonyl (C=O) groups excluding carboxylic acids is 2. The summed E-state index contributed by atoms with van der Waals surface area (Å²) in [5.41, 5.74) is 2.03. The smallest absolute Gasteiger partial charge is 0.257 e. The van der Waals surface area contributed by atoms with Crippen LogP contribution in [0.2, 0.25) is 0 Å². The van der Waals surface area contributed by atoms with E-state index in [2.05, 4.69) is 26.9 Å². The Morgan fingerprint density at radius 1 is 1.00 bits per heavy atom. The van der Waals surface area contributed by atoms with Gasteiger partial charge in [-0.3, -0.25) is 14.9 Å². The van der Waals surface area contributed by atoms with Gasteiger partial charge in [-0.2, -0.15) is 11.3 Å². The Kier molecular flexibility index (Phi) is 6.63. The highest BCUT2D eigenvalue weighted by atomic mass is 32.1. The number of aryl methyl sites for hydroxylation is 1. The lowest BCUT2D eigenvalue weighted by molar-refractivity contribution is -0.116. The molecule has 2 N–H and O–H groups in total. The first-order chi connectivity index (χ1) is 14.7. The normalized spacial score (nSPS) is 10.7. The number of amides is 2. The van der Waals surface area contributed by atoms with Crippen LogP contribution >= 0.6 is 34.0 Å². The monoisotopic (exact) mass is 454 g/mol. The molecule has 9 heteroatoms. The summed E-state index contributed by atoms with van der Waals surface area (Å²) in [6, 6.07) is 12.9. The summed E-state index contributed by atoms with van der Waals surface area (Å²) in [7, 11) is 0. The van der Waals surface area contributed by atoms with E-state index in [0.29, 0.717) is 22.8 Å². The standard InChI is InChI=1S/C21H18N4O2S3/c26-18(8-2-6-17-7-3-10-29-17)22-16-5-1-4-14(12-16)19(27)23-21-25-24-20(30-21)15-9-11-28-13-15/h1,3-5,7,9-13H,2,6,8H2,(H,22,26)(H,23,25,27). The molecule has 4 rings (SSSR count). The lowest BCUT2D eigenvalue weighted by Crippen LogP contribution is -2.14. The van der Waals surface area contributed by atoms with Crippen LogP contribution in [0, 0.1) is 0 Å². The van der Waals surface area contributed by atoms with E-state index in [9.17, 15) is 9.59 Å². The molecule has 0 radical (unpaired) electrons. The molecule has 4 aromatic rings. The zero-order chi connectivity index (χ0) is 20.8. The van der Waals surface area contributed by atoms with Gasteiger partial charge in [-0.25, -0.2) is 0 Å². The first-order valence-corrected chi connectivity index (χ1v) is 11.9. The SMILES string of the molecule is O=C(CCCc1cccs1)Nc1cccc(C(=O)Nc2nnc(-c3ccsc3)s2)c1. The predicted octanol–water partition coefficient (Wildman–Crippen LogP) is 5.54. The third kappa shape index (κ3) is 5.38. The molecule has 0 saturated carbocycles. The van der Waals surface area contributed by atoms with E-state index in [1.54, 1.807) is 46.9 Å². The molecule has 0 fully saturated rings. The highest BCUT2D eigenvalue weighted by Gasteiger charge is 2.12. The number of hydrogen-bond donors (Lipinski definition) is 2. The van der Waals surface area contributed by atoms with Crippen LogP contribution in [-0.4, -0.2) is 22.0 Å². The number of aromatic nitrogens is 2. The van der Waals surface area contributed by atoms with E-state index in [-0.39, 0.29) is 11.8 Å². The Morgan fingerprint density at radius 2 is 1.93 bits per heavy atom. The van der Waals surface area contributed by atoms with Crippen LogP contribution < -0.4 is 10.6 Å². The van der Waals surface area contributed by atoms with Crippen molar-refractivity contribution in [2.24, 2.45) is 0 Å². The van der Waals surface area contributed by atoms with Gasteiger partial charge in [-0.15, -0.1) is 21.5 Å². The second-order valence-corrected chi connectivity index (χ2v) is 9.23. The van der Waals surface area contributed by atoms with E-state index >= 15 is 0 Å². The van der Waals surface area contributed by atoms with E-state index in [1.807, 2.05) is 28.3 Å². The van der Waals surface area contributed by atoms with Gasteiger partial charge in [0.15, 0.2) is 0 Å². The van der Waals surface area contributed by atoms with Crippen molar-refractivity contribution in [3.63, 3.8) is 0 Å². The summed E-state index contributed by atoms with van der Waals surface area (Å²) in [5.74, 6) is -0.356. The molecule has 30 heavy (non-hydrogen) atoms. The summed E-state index contributed by atoms with van der Waals surface area (Å²) in [5, 5.41) is 21.0. The maximum atomic E-state index is 12.6. The van der Waals surface area contributed by atoms with Gasteiger partial charge in [0.2, 0.25) is 11.0 Å². The molecule has 0 bridgehead atoms. The fraction of sp³-hybridized carbons (Fsp3) is 0.143. The van der Waals surface area contributed by atoms with Crippen molar-refractivity contribution < 1.29 is 9.59 Å². The Hall–Kier alpha value is -2.88. The van der Waals surface area contributed by atoms with Gasteiger partial charge >= 0.3 is 0 Å². The number of rotatable bonds is 8. The van der Waals surface area contributed by atoms with Gasteiger partial charge in [0.25, 0.3) is 5.91 Å². The third-order valence-corrected chi connectivity index (χ3v) is 6.74. The average Bonchev–Trinajstić information content (AvgIpc) is 3.50. The molecule has 3 aromatic heterocycles. The van der Waals surface area contributed by atoms with Gasteiger partial charge in [0.05, 0.1) is 0 Å². The molecule has 0 aliphatic rings. The van der Waals surface area contributed by atoms with Gasteiger partial charge in [-0.1, -0.05) is 23.5 Å². The fourth-order valence-electron chi connectivity index (χ4n) is 2.79. The van der Waals surface area contributed by atoms with Crippen molar-refractivity contribution in [1.82, 2.24) is 10.2 Å². The Labute approximate surface area is 185 Å². The molecule has 0 aliphatic heterocycles. The predicted molar refractivity (Wildman–Crippen MR) is 124 cm³/mol. The summed E-state index contributed by atoms with van der Waals surface area (Å²) in [6.45, 7) is 0. The van der Waals surface area contributed by atoms with Crippen molar-refractivity contribution in [1.29, 1.82) is 0 Å². The molecule has 0 saturated heterocycles. The molecule has 0 spiro atoms. The lowest BCUT2D eigenvalue weighted by Gasteiger charge is -2.07. The minimum absolute atomic E-state index is 0.0614. The van der Waals surface area contributed by atoms with Crippen molar-refractivity contribution >= 4 is 56.6 Å². The topological polar surface area (TPSA) is 84.0 Å².